The van der Waals surface area contributed by atoms with E-state index in [0.717, 1.165) is 11.3 Å². The third kappa shape index (κ3) is 4.18. The van der Waals surface area contributed by atoms with Gasteiger partial charge in [0.25, 0.3) is 0 Å². The van der Waals surface area contributed by atoms with Gasteiger partial charge in [0.1, 0.15) is 11.4 Å². The van der Waals surface area contributed by atoms with Gasteiger partial charge < -0.3 is 15.0 Å². The van der Waals surface area contributed by atoms with Crippen molar-refractivity contribution in [1.82, 2.24) is 4.57 Å². The molecule has 0 aliphatic heterocycles. The predicted octanol–water partition coefficient (Wildman–Crippen LogP) is 5.15. The molecule has 0 bridgehead atoms. The van der Waals surface area contributed by atoms with E-state index in [2.05, 4.69) is 10.6 Å². The number of carbonyl (C=O) groups is 2. The zero-order valence-corrected chi connectivity index (χ0v) is 16.2. The molecule has 0 aliphatic rings. The smallest absolute Gasteiger partial charge is 0.339 e. The van der Waals surface area contributed by atoms with Crippen LogP contribution in [-0.2, 0) is 6.54 Å². The second kappa shape index (κ2) is 8.19. The highest BCUT2D eigenvalue weighted by molar-refractivity contribution is 6.30. The van der Waals surface area contributed by atoms with Crippen molar-refractivity contribution in [3.63, 3.8) is 0 Å². The number of anilines is 2. The van der Waals surface area contributed by atoms with Crippen molar-refractivity contribution in [2.75, 3.05) is 10.6 Å². The Morgan fingerprint density at radius 1 is 1.00 bits per heavy atom. The Kier molecular flexibility index (Phi) is 5.70. The summed E-state index contributed by atoms with van der Waals surface area (Å²) in [4.78, 5) is 24.3. The molecule has 0 fully saturated rings. The van der Waals surface area contributed by atoms with Gasteiger partial charge in [-0.05, 0) is 49.2 Å². The maximum absolute atomic E-state index is 12.5. The zero-order chi connectivity index (χ0) is 20.3. The highest BCUT2D eigenvalue weighted by Gasteiger charge is 2.24. The summed E-state index contributed by atoms with van der Waals surface area (Å²) in [5.41, 5.74) is 3.03. The number of rotatable bonds is 5. The van der Waals surface area contributed by atoms with Crippen molar-refractivity contribution in [3.05, 3.63) is 82.0 Å². The predicted molar refractivity (Wildman–Crippen MR) is 111 cm³/mol. The third-order valence-corrected chi connectivity index (χ3v) is 4.81. The molecule has 0 unspecified atom stereocenters. The number of nitrogens with one attached hydrogen (secondary N) is 2. The first-order valence-electron chi connectivity index (χ1n) is 8.67. The van der Waals surface area contributed by atoms with Crippen LogP contribution in [0.4, 0.5) is 16.3 Å². The number of hydrogen-bond donors (Lipinski definition) is 3. The molecule has 1 aromatic heterocycles. The van der Waals surface area contributed by atoms with Crippen molar-refractivity contribution < 1.29 is 14.7 Å². The largest absolute Gasteiger partial charge is 0.478 e. The van der Waals surface area contributed by atoms with Crippen molar-refractivity contribution >= 4 is 35.1 Å². The van der Waals surface area contributed by atoms with Crippen LogP contribution in [0.5, 0.6) is 0 Å². The van der Waals surface area contributed by atoms with Crippen LogP contribution in [0, 0.1) is 13.8 Å². The Labute approximate surface area is 167 Å². The Morgan fingerprint density at radius 3 is 2.25 bits per heavy atom. The number of benzene rings is 2. The summed E-state index contributed by atoms with van der Waals surface area (Å²) in [7, 11) is 0. The van der Waals surface area contributed by atoms with Crippen LogP contribution in [0.15, 0.2) is 54.6 Å². The van der Waals surface area contributed by atoms with E-state index < -0.39 is 12.0 Å². The van der Waals surface area contributed by atoms with E-state index in [-0.39, 0.29) is 11.4 Å². The second-order valence-corrected chi connectivity index (χ2v) is 6.83. The van der Waals surface area contributed by atoms with Gasteiger partial charge >= 0.3 is 12.0 Å². The normalized spacial score (nSPS) is 10.5. The minimum absolute atomic E-state index is 0.0830. The first kappa shape index (κ1) is 19.5. The van der Waals surface area contributed by atoms with E-state index in [1.54, 1.807) is 35.8 Å². The van der Waals surface area contributed by atoms with Crippen LogP contribution in [0.3, 0.4) is 0 Å². The van der Waals surface area contributed by atoms with Gasteiger partial charge in [-0.15, -0.1) is 0 Å². The van der Waals surface area contributed by atoms with E-state index in [1.807, 2.05) is 37.3 Å². The fraction of sp³-hybridized carbons (Fsp3) is 0.143. The first-order chi connectivity index (χ1) is 13.4. The summed E-state index contributed by atoms with van der Waals surface area (Å²) in [6.45, 7) is 4.02. The van der Waals surface area contributed by atoms with Gasteiger partial charge in [0, 0.05) is 22.9 Å². The molecule has 0 aliphatic carbocycles. The summed E-state index contributed by atoms with van der Waals surface area (Å²) in [5, 5.41) is 15.6. The molecule has 0 radical (unpaired) electrons. The van der Waals surface area contributed by atoms with Crippen LogP contribution in [-0.4, -0.2) is 21.7 Å². The second-order valence-electron chi connectivity index (χ2n) is 6.40. The molecule has 3 rings (SSSR count). The lowest BCUT2D eigenvalue weighted by Crippen LogP contribution is -2.23. The van der Waals surface area contributed by atoms with Crippen LogP contribution in [0.2, 0.25) is 5.02 Å². The molecule has 0 saturated carbocycles. The summed E-state index contributed by atoms with van der Waals surface area (Å²) in [6.07, 6.45) is 0. The highest BCUT2D eigenvalue weighted by Crippen LogP contribution is 2.28. The summed E-state index contributed by atoms with van der Waals surface area (Å²) in [5.74, 6) is -0.841. The number of hydrogen-bond acceptors (Lipinski definition) is 2. The minimum atomic E-state index is -1.09. The maximum atomic E-state index is 12.5. The number of aromatic nitrogens is 1. The third-order valence-electron chi connectivity index (χ3n) is 4.56. The molecule has 1 heterocycles. The Bertz CT molecular complexity index is 1010. The molecule has 0 atom stereocenters. The van der Waals surface area contributed by atoms with Crippen molar-refractivity contribution in [2.24, 2.45) is 0 Å². The Morgan fingerprint density at radius 2 is 1.64 bits per heavy atom. The molecule has 3 N–H and O–H groups in total. The molecular formula is C21H20ClN3O3. The van der Waals surface area contributed by atoms with Crippen LogP contribution >= 0.6 is 11.6 Å². The molecule has 2 aromatic carbocycles. The van der Waals surface area contributed by atoms with Crippen LogP contribution in [0.1, 0.15) is 27.2 Å². The monoisotopic (exact) mass is 397 g/mol. The molecule has 0 saturated heterocycles. The van der Waals surface area contributed by atoms with E-state index in [0.29, 0.717) is 22.8 Å². The fourth-order valence-electron chi connectivity index (χ4n) is 3.02. The number of aromatic carboxylic acids is 1. The topological polar surface area (TPSA) is 83.4 Å². The van der Waals surface area contributed by atoms with E-state index in [9.17, 15) is 14.7 Å². The summed E-state index contributed by atoms with van der Waals surface area (Å²) >= 11 is 5.85. The Balaban J connectivity index is 1.93. The SMILES string of the molecule is Cc1c(C(=O)O)c(NC(=O)Nc2ccc(Cl)cc2)n(Cc2ccccc2)c1C. The van der Waals surface area contributed by atoms with Crippen molar-refractivity contribution in [3.8, 4) is 0 Å². The number of carboxylic acids is 1. The number of carbonyl (C=O) groups excluding carboxylic acids is 1. The molecule has 28 heavy (non-hydrogen) atoms. The zero-order valence-electron chi connectivity index (χ0n) is 15.5. The van der Waals surface area contributed by atoms with Gasteiger partial charge in [-0.2, -0.15) is 0 Å². The van der Waals surface area contributed by atoms with Gasteiger partial charge in [0.05, 0.1) is 0 Å². The van der Waals surface area contributed by atoms with Crippen LogP contribution in [0.25, 0.3) is 0 Å². The molecule has 3 aromatic rings. The average Bonchev–Trinajstić information content (AvgIpc) is 2.89. The number of carboxylic acid groups (broad SMARTS) is 1. The van der Waals surface area contributed by atoms with E-state index >= 15 is 0 Å². The maximum Gasteiger partial charge on any atom is 0.339 e. The highest BCUT2D eigenvalue weighted by atomic mass is 35.5. The lowest BCUT2D eigenvalue weighted by molar-refractivity contribution is 0.0697. The summed E-state index contributed by atoms with van der Waals surface area (Å²) in [6, 6.07) is 15.8. The lowest BCUT2D eigenvalue weighted by atomic mass is 10.1. The number of halogens is 1. The van der Waals surface area contributed by atoms with Crippen molar-refractivity contribution in [1.29, 1.82) is 0 Å². The van der Waals surface area contributed by atoms with Gasteiger partial charge in [-0.1, -0.05) is 41.9 Å². The average molecular weight is 398 g/mol. The minimum Gasteiger partial charge on any atom is -0.478 e. The van der Waals surface area contributed by atoms with Gasteiger partial charge in [0.2, 0.25) is 0 Å². The fourth-order valence-corrected chi connectivity index (χ4v) is 3.15. The standard InChI is InChI=1S/C21H20ClN3O3/c1-13-14(2)25(12-15-6-4-3-5-7-15)19(18(13)20(26)27)24-21(28)23-17-10-8-16(22)9-11-17/h3-11H,12H2,1-2H3,(H,26,27)(H2,23,24,28). The van der Waals surface area contributed by atoms with E-state index in [4.69, 9.17) is 11.6 Å². The van der Waals surface area contributed by atoms with Gasteiger partial charge in [-0.25, -0.2) is 9.59 Å². The Hall–Kier alpha value is -3.25. The molecule has 0 spiro atoms. The molecule has 2 amide bonds. The molecule has 144 valence electrons. The quantitative estimate of drug-likeness (QED) is 0.556. The molecule has 6 nitrogen and oxygen atoms in total. The number of urea groups is 1. The van der Waals surface area contributed by atoms with Gasteiger partial charge in [-0.3, -0.25) is 5.32 Å². The van der Waals surface area contributed by atoms with Crippen molar-refractivity contribution in [2.45, 2.75) is 20.4 Å². The first-order valence-corrected chi connectivity index (χ1v) is 9.05. The molecule has 7 heteroatoms. The van der Waals surface area contributed by atoms with E-state index in [1.165, 1.54) is 0 Å². The number of nitrogens with zero attached hydrogens (tertiary/aromatic N) is 1. The molecular weight excluding hydrogens is 378 g/mol. The van der Waals surface area contributed by atoms with Gasteiger partial charge in [0.15, 0.2) is 0 Å². The number of amides is 2. The summed E-state index contributed by atoms with van der Waals surface area (Å²) < 4.78 is 1.80. The lowest BCUT2D eigenvalue weighted by Gasteiger charge is -2.14. The van der Waals surface area contributed by atoms with Crippen LogP contribution < -0.4 is 10.6 Å².